The molecule has 6 rings (SSSR count). The summed E-state index contributed by atoms with van der Waals surface area (Å²) in [7, 11) is 1.54. The number of carbonyl (C=O) groups is 2. The Morgan fingerprint density at radius 3 is 2.65 bits per heavy atom. The molecule has 10 heteroatoms. The van der Waals surface area contributed by atoms with Gasteiger partial charge in [-0.3, -0.25) is 14.5 Å². The quantitative estimate of drug-likeness (QED) is 0.235. The standard InChI is InChI=1S/C27H19FN2O6S/c1-34-15-7-8-18-21(13-15)37-27(29-18)30-23(16-4-2-3-5-17(16)28)22(25(32)26(30)33)24(31)14-6-9-19-20(12-14)36-11-10-35-19/h2-9,12-13,23,31H,10-11H2,1H3/b24-22-. The van der Waals surface area contributed by atoms with Crippen LogP contribution in [0.2, 0.25) is 0 Å². The van der Waals surface area contributed by atoms with Gasteiger partial charge in [-0.2, -0.15) is 0 Å². The molecule has 2 aliphatic rings. The minimum Gasteiger partial charge on any atom is -0.507 e. The van der Waals surface area contributed by atoms with Crippen LogP contribution in [-0.2, 0) is 9.59 Å². The highest BCUT2D eigenvalue weighted by molar-refractivity contribution is 7.22. The largest absolute Gasteiger partial charge is 0.507 e. The molecule has 0 radical (unpaired) electrons. The number of rotatable bonds is 4. The Labute approximate surface area is 214 Å². The van der Waals surface area contributed by atoms with Crippen molar-refractivity contribution in [3.05, 3.63) is 83.2 Å². The first-order chi connectivity index (χ1) is 18.0. The predicted molar refractivity (Wildman–Crippen MR) is 135 cm³/mol. The van der Waals surface area contributed by atoms with Gasteiger partial charge in [0.05, 0.1) is 22.9 Å². The van der Waals surface area contributed by atoms with E-state index < -0.39 is 29.3 Å². The number of benzene rings is 3. The molecule has 0 aliphatic carbocycles. The Hall–Kier alpha value is -4.44. The highest BCUT2D eigenvalue weighted by atomic mass is 32.1. The molecule has 37 heavy (non-hydrogen) atoms. The van der Waals surface area contributed by atoms with Crippen LogP contribution >= 0.6 is 11.3 Å². The van der Waals surface area contributed by atoms with Crippen molar-refractivity contribution in [2.24, 2.45) is 0 Å². The Bertz CT molecular complexity index is 1610. The third-order valence-electron chi connectivity index (χ3n) is 6.25. The van der Waals surface area contributed by atoms with E-state index in [0.29, 0.717) is 36.0 Å². The zero-order valence-electron chi connectivity index (χ0n) is 19.4. The fourth-order valence-electron chi connectivity index (χ4n) is 4.49. The molecule has 8 nitrogen and oxygen atoms in total. The van der Waals surface area contributed by atoms with Gasteiger partial charge in [0.1, 0.15) is 36.6 Å². The summed E-state index contributed by atoms with van der Waals surface area (Å²) in [5.41, 5.74) is 0.626. The molecule has 1 unspecified atom stereocenters. The highest BCUT2D eigenvalue weighted by Gasteiger charge is 2.49. The first-order valence-electron chi connectivity index (χ1n) is 11.4. The molecular weight excluding hydrogens is 499 g/mol. The molecule has 1 aromatic heterocycles. The van der Waals surface area contributed by atoms with Gasteiger partial charge in [0.2, 0.25) is 0 Å². The second-order valence-electron chi connectivity index (χ2n) is 8.38. The number of ether oxygens (including phenoxy) is 3. The first kappa shape index (κ1) is 23.0. The van der Waals surface area contributed by atoms with Crippen molar-refractivity contribution < 1.29 is 33.3 Å². The molecule has 0 saturated carbocycles. The van der Waals surface area contributed by atoms with E-state index in [1.54, 1.807) is 36.4 Å². The Balaban J connectivity index is 1.54. The normalized spacial score (nSPS) is 18.4. The summed E-state index contributed by atoms with van der Waals surface area (Å²) in [6.07, 6.45) is 0. The minimum atomic E-state index is -1.24. The summed E-state index contributed by atoms with van der Waals surface area (Å²) in [5, 5.41) is 11.5. The fraction of sp³-hybridized carbons (Fsp3) is 0.148. The molecule has 1 atom stereocenters. The maximum atomic E-state index is 15.1. The van der Waals surface area contributed by atoms with Crippen molar-refractivity contribution >= 4 is 44.1 Å². The summed E-state index contributed by atoms with van der Waals surface area (Å²) >= 11 is 1.16. The summed E-state index contributed by atoms with van der Waals surface area (Å²) in [6, 6.07) is 14.5. The van der Waals surface area contributed by atoms with E-state index in [4.69, 9.17) is 14.2 Å². The van der Waals surface area contributed by atoms with Gasteiger partial charge < -0.3 is 19.3 Å². The van der Waals surface area contributed by atoms with Gasteiger partial charge in [-0.1, -0.05) is 29.5 Å². The third kappa shape index (κ3) is 3.77. The number of amides is 1. The number of Topliss-reactive ketones (excluding diaryl/α,β-unsaturated/α-hetero) is 1. The zero-order valence-corrected chi connectivity index (χ0v) is 20.3. The number of aliphatic hydroxyl groups is 1. The average Bonchev–Trinajstić information content (AvgIpc) is 3.45. The van der Waals surface area contributed by atoms with E-state index in [1.165, 1.54) is 31.4 Å². The lowest BCUT2D eigenvalue weighted by Crippen LogP contribution is -2.29. The van der Waals surface area contributed by atoms with E-state index in [0.717, 1.165) is 20.9 Å². The minimum absolute atomic E-state index is 0.0534. The van der Waals surface area contributed by atoms with Crippen LogP contribution in [0.3, 0.4) is 0 Å². The molecule has 1 fully saturated rings. The lowest BCUT2D eigenvalue weighted by Gasteiger charge is -2.23. The zero-order chi connectivity index (χ0) is 25.7. The Morgan fingerprint density at radius 2 is 1.86 bits per heavy atom. The predicted octanol–water partition coefficient (Wildman–Crippen LogP) is 4.84. The number of fused-ring (bicyclic) bond motifs is 2. The third-order valence-corrected chi connectivity index (χ3v) is 7.27. The summed E-state index contributed by atoms with van der Waals surface area (Å²) in [4.78, 5) is 32.4. The molecule has 0 spiro atoms. The number of hydrogen-bond donors (Lipinski definition) is 1. The van der Waals surface area contributed by atoms with Crippen molar-refractivity contribution in [1.29, 1.82) is 0 Å². The summed E-state index contributed by atoms with van der Waals surface area (Å²) in [6.45, 7) is 0.726. The number of halogens is 1. The number of anilines is 1. The van der Waals surface area contributed by atoms with E-state index in [1.807, 2.05) is 0 Å². The fourth-order valence-corrected chi connectivity index (χ4v) is 5.51. The molecule has 3 aromatic carbocycles. The monoisotopic (exact) mass is 518 g/mol. The van der Waals surface area contributed by atoms with Crippen LogP contribution in [0.5, 0.6) is 17.2 Å². The van der Waals surface area contributed by atoms with Crippen LogP contribution in [0.25, 0.3) is 16.0 Å². The topological polar surface area (TPSA) is 98.2 Å². The van der Waals surface area contributed by atoms with Gasteiger partial charge in [-0.05, 0) is 42.5 Å². The van der Waals surface area contributed by atoms with Crippen molar-refractivity contribution in [3.8, 4) is 17.2 Å². The summed E-state index contributed by atoms with van der Waals surface area (Å²) < 4.78 is 32.2. The smallest absolute Gasteiger partial charge is 0.301 e. The maximum Gasteiger partial charge on any atom is 0.301 e. The van der Waals surface area contributed by atoms with Crippen LogP contribution in [0.15, 0.2) is 66.2 Å². The van der Waals surface area contributed by atoms with Gasteiger partial charge in [-0.15, -0.1) is 0 Å². The molecule has 1 N–H and O–H groups in total. The van der Waals surface area contributed by atoms with Crippen molar-refractivity contribution in [2.45, 2.75) is 6.04 Å². The van der Waals surface area contributed by atoms with Crippen molar-refractivity contribution in [1.82, 2.24) is 4.98 Å². The Kier molecular flexibility index (Phi) is 5.53. The number of aromatic nitrogens is 1. The molecule has 4 aromatic rings. The van der Waals surface area contributed by atoms with Gasteiger partial charge in [0.15, 0.2) is 16.6 Å². The van der Waals surface area contributed by atoms with Crippen LogP contribution < -0.4 is 19.1 Å². The van der Waals surface area contributed by atoms with Gasteiger partial charge in [0, 0.05) is 11.1 Å². The lowest BCUT2D eigenvalue weighted by molar-refractivity contribution is -0.132. The van der Waals surface area contributed by atoms with Crippen LogP contribution in [0.1, 0.15) is 17.2 Å². The Morgan fingerprint density at radius 1 is 1.08 bits per heavy atom. The van der Waals surface area contributed by atoms with Gasteiger partial charge in [-0.25, -0.2) is 9.37 Å². The number of nitrogens with zero attached hydrogens (tertiary/aromatic N) is 2. The second kappa shape index (κ2) is 8.90. The molecule has 1 saturated heterocycles. The number of methoxy groups -OCH3 is 1. The number of aliphatic hydroxyl groups excluding tert-OH is 1. The number of carbonyl (C=O) groups excluding carboxylic acids is 2. The first-order valence-corrected chi connectivity index (χ1v) is 12.2. The van der Waals surface area contributed by atoms with Gasteiger partial charge in [0.25, 0.3) is 5.78 Å². The summed E-state index contributed by atoms with van der Waals surface area (Å²) in [5.74, 6) is -1.44. The number of thiazole rings is 1. The average molecular weight is 519 g/mol. The number of ketones is 1. The van der Waals surface area contributed by atoms with Crippen LogP contribution in [0, 0.1) is 5.82 Å². The van der Waals surface area contributed by atoms with Crippen LogP contribution in [-0.4, -0.2) is 42.1 Å². The van der Waals surface area contributed by atoms with E-state index >= 15 is 4.39 Å². The number of hydrogen-bond acceptors (Lipinski definition) is 8. The molecule has 0 bridgehead atoms. The molecular formula is C27H19FN2O6S. The van der Waals surface area contributed by atoms with E-state index in [9.17, 15) is 14.7 Å². The molecule has 1 amide bonds. The SMILES string of the molecule is COc1ccc2nc(N3C(=O)C(=O)/C(=C(\O)c4ccc5c(c4)OCCO5)C3c3ccccc3F)sc2c1. The van der Waals surface area contributed by atoms with Gasteiger partial charge >= 0.3 is 5.91 Å². The van der Waals surface area contributed by atoms with Crippen molar-refractivity contribution in [3.63, 3.8) is 0 Å². The maximum absolute atomic E-state index is 15.1. The lowest BCUT2D eigenvalue weighted by atomic mass is 9.95. The van der Waals surface area contributed by atoms with E-state index in [2.05, 4.69) is 4.98 Å². The van der Waals surface area contributed by atoms with Crippen molar-refractivity contribution in [2.75, 3.05) is 25.2 Å². The van der Waals surface area contributed by atoms with E-state index in [-0.39, 0.29) is 21.8 Å². The highest BCUT2D eigenvalue weighted by Crippen LogP contribution is 2.45. The molecule has 2 aliphatic heterocycles. The molecule has 3 heterocycles. The second-order valence-corrected chi connectivity index (χ2v) is 9.39. The molecule has 186 valence electrons. The van der Waals surface area contributed by atoms with Crippen LogP contribution in [0.4, 0.5) is 9.52 Å².